The molecule has 3 saturated carbocycles. The molecule has 5 aliphatic rings. The van der Waals surface area contributed by atoms with Gasteiger partial charge in [-0.2, -0.15) is 0 Å². The zero-order valence-electron chi connectivity index (χ0n) is 34.2. The minimum Gasteiger partial charge on any atom is -0.507 e. The van der Waals surface area contributed by atoms with Gasteiger partial charge in [-0.1, -0.05) is 25.5 Å². The highest BCUT2D eigenvalue weighted by Crippen LogP contribution is 2.70. The summed E-state index contributed by atoms with van der Waals surface area (Å²) < 4.78 is 16.9. The van der Waals surface area contributed by atoms with Crippen molar-refractivity contribution in [1.82, 2.24) is 10.6 Å². The van der Waals surface area contributed by atoms with E-state index in [0.29, 0.717) is 75.5 Å². The molecule has 2 aromatic carbocycles. The quantitative estimate of drug-likeness (QED) is 0.0817. The number of allylic oxidation sites excluding steroid dienone is 4. The van der Waals surface area contributed by atoms with Crippen molar-refractivity contribution in [3.05, 3.63) is 70.3 Å². The van der Waals surface area contributed by atoms with E-state index in [1.165, 1.54) is 24.3 Å². The van der Waals surface area contributed by atoms with Crippen molar-refractivity contribution in [2.45, 2.75) is 63.8 Å². The zero-order chi connectivity index (χ0) is 43.8. The minimum absolute atomic E-state index is 0.00939. The van der Waals surface area contributed by atoms with Gasteiger partial charge in [0.25, 0.3) is 0 Å². The Bertz CT molecular complexity index is 2020. The van der Waals surface area contributed by atoms with E-state index in [4.69, 9.17) is 10.2 Å². The van der Waals surface area contributed by atoms with Crippen LogP contribution in [-0.4, -0.2) is 135 Å². The van der Waals surface area contributed by atoms with E-state index in [0.717, 1.165) is 0 Å². The van der Waals surface area contributed by atoms with Crippen molar-refractivity contribution in [3.8, 4) is 11.5 Å². The number of alkyl halides is 1. The van der Waals surface area contributed by atoms with E-state index >= 15 is 4.39 Å². The van der Waals surface area contributed by atoms with Crippen LogP contribution >= 0.6 is 0 Å². The second-order valence-electron chi connectivity index (χ2n) is 17.0. The fourth-order valence-electron chi connectivity index (χ4n) is 10.9. The first-order valence-corrected chi connectivity index (χ1v) is 20.6. The van der Waals surface area contributed by atoms with Crippen molar-refractivity contribution >= 4 is 34.5 Å². The third-order valence-electron chi connectivity index (χ3n) is 13.9. The molecule has 7 rings (SSSR count). The van der Waals surface area contributed by atoms with Gasteiger partial charge in [0.05, 0.1) is 41.6 Å². The summed E-state index contributed by atoms with van der Waals surface area (Å²) in [4.78, 5) is 51.1. The van der Waals surface area contributed by atoms with Gasteiger partial charge in [-0.25, -0.2) is 4.39 Å². The Hall–Kier alpha value is -4.55. The maximum Gasteiger partial charge on any atom is 0.200 e. The molecule has 5 aliphatic carbocycles. The number of Topliss-reactive ketones (excluding diaryl/α,β-unsaturated/α-hetero) is 1. The molecule has 0 aliphatic heterocycles. The lowest BCUT2D eigenvalue weighted by molar-refractivity contribution is -0.219. The Labute approximate surface area is 347 Å². The summed E-state index contributed by atoms with van der Waals surface area (Å²) in [6, 6.07) is 5.74. The maximum absolute atomic E-state index is 16.9. The molecule has 0 saturated heterocycles. The molecule has 8 atom stereocenters. The lowest BCUT2D eigenvalue weighted by Crippen LogP contribution is -2.69. The second kappa shape index (κ2) is 17.4. The number of phenols is 2. The van der Waals surface area contributed by atoms with Gasteiger partial charge in [-0.05, 0) is 80.9 Å². The average Bonchev–Trinajstić information content (AvgIpc) is 3.42. The molecule has 2 aromatic rings. The van der Waals surface area contributed by atoms with E-state index in [1.807, 2.05) is 0 Å². The third kappa shape index (κ3) is 7.15. The standard InChI is InChI=1S/C22H29FO5.C22H28N4O6/c1-12-8-16-15-5-4-13-9-14(25)6-7-19(13,2)21(15,23)17(26)10-20(16,3)22(12,28)18(27)11-24;27-11-9-23-5-7-25-13-1-2-14(26-8-6-24-10-12-28)18-17(13)21(31)19-15(29)3-4-16(30)20(19)22(18)32/h6-7,9,12,15-17,24,26,28H,4-5,8,10-11H2,1-3H3;1-4,23-30H,5-12H2/t12-,15+,16+,17+,19+,20+,21+,22+;/m1./s1. The molecule has 60 heavy (non-hydrogen) atoms. The molecule has 0 bridgehead atoms. The highest BCUT2D eigenvalue weighted by atomic mass is 19.1. The number of hydrogen-bond donors (Lipinski definition) is 11. The van der Waals surface area contributed by atoms with Crippen LogP contribution in [0.2, 0.25) is 0 Å². The number of fused-ring (bicyclic) bond motifs is 7. The molecular formula is C44H57FN4O11. The van der Waals surface area contributed by atoms with Crippen LogP contribution in [0.5, 0.6) is 11.5 Å². The number of hydrogen-bond acceptors (Lipinski definition) is 15. The van der Waals surface area contributed by atoms with E-state index in [1.54, 1.807) is 39.0 Å². The van der Waals surface area contributed by atoms with Crippen molar-refractivity contribution in [1.29, 1.82) is 0 Å². The first-order valence-electron chi connectivity index (χ1n) is 20.6. The molecule has 3 fully saturated rings. The predicted octanol–water partition coefficient (Wildman–Crippen LogP) is 1.76. The molecule has 11 N–H and O–H groups in total. The average molecular weight is 837 g/mol. The molecule has 0 aromatic heterocycles. The number of anilines is 2. The normalized spacial score (nSPS) is 31.1. The van der Waals surface area contributed by atoms with E-state index < -0.39 is 64.0 Å². The molecule has 0 unspecified atom stereocenters. The van der Waals surface area contributed by atoms with Crippen LogP contribution in [0.4, 0.5) is 15.8 Å². The van der Waals surface area contributed by atoms with Gasteiger partial charge in [0.1, 0.15) is 23.7 Å². The Balaban J connectivity index is 0.000000203. The number of ketones is 4. The molecule has 0 heterocycles. The number of carbonyl (C=O) groups is 4. The summed E-state index contributed by atoms with van der Waals surface area (Å²) in [5, 5.41) is 82.5. The summed E-state index contributed by atoms with van der Waals surface area (Å²) in [6.07, 6.45) is 4.44. The van der Waals surface area contributed by atoms with E-state index in [-0.39, 0.29) is 65.1 Å². The first-order chi connectivity index (χ1) is 28.5. The molecule has 0 radical (unpaired) electrons. The summed E-state index contributed by atoms with van der Waals surface area (Å²) >= 11 is 0. The molecule has 15 nitrogen and oxygen atoms in total. The monoisotopic (exact) mass is 836 g/mol. The highest BCUT2D eigenvalue weighted by molar-refractivity contribution is 6.33. The molecular weight excluding hydrogens is 779 g/mol. The van der Waals surface area contributed by atoms with Gasteiger partial charge < -0.3 is 57.0 Å². The summed E-state index contributed by atoms with van der Waals surface area (Å²) in [6.45, 7) is 7.29. The fraction of sp³-hybridized carbons (Fsp3) is 0.545. The number of aromatic hydroxyl groups is 2. The number of aliphatic hydroxyl groups is 5. The van der Waals surface area contributed by atoms with Crippen LogP contribution < -0.4 is 21.3 Å². The van der Waals surface area contributed by atoms with E-state index in [2.05, 4.69) is 21.3 Å². The summed E-state index contributed by atoms with van der Waals surface area (Å²) in [5.41, 5.74) is -4.49. The predicted molar refractivity (Wildman–Crippen MR) is 220 cm³/mol. The van der Waals surface area contributed by atoms with Crippen LogP contribution in [0.15, 0.2) is 48.1 Å². The Morgan fingerprint density at radius 1 is 0.800 bits per heavy atom. The number of aliphatic hydroxyl groups excluding tert-OH is 4. The van der Waals surface area contributed by atoms with Crippen LogP contribution in [0.1, 0.15) is 78.3 Å². The first kappa shape index (κ1) is 45.0. The lowest BCUT2D eigenvalue weighted by Gasteiger charge is -2.62. The molecule has 0 amide bonds. The van der Waals surface area contributed by atoms with Crippen LogP contribution in [0, 0.1) is 28.6 Å². The third-order valence-corrected chi connectivity index (χ3v) is 13.9. The van der Waals surface area contributed by atoms with Gasteiger partial charge in [0.2, 0.25) is 11.6 Å². The number of phenolic OH excluding ortho intramolecular Hbond substituents is 2. The second-order valence-corrected chi connectivity index (χ2v) is 17.0. The Kier molecular flexibility index (Phi) is 13.1. The largest absolute Gasteiger partial charge is 0.507 e. The smallest absolute Gasteiger partial charge is 0.200 e. The molecule has 326 valence electrons. The van der Waals surface area contributed by atoms with Crippen LogP contribution in [-0.2, 0) is 9.59 Å². The lowest BCUT2D eigenvalue weighted by atomic mass is 9.44. The van der Waals surface area contributed by atoms with Crippen molar-refractivity contribution in [3.63, 3.8) is 0 Å². The topological polar surface area (TPSA) is 258 Å². The van der Waals surface area contributed by atoms with Crippen molar-refractivity contribution in [2.24, 2.45) is 28.6 Å². The zero-order valence-corrected chi connectivity index (χ0v) is 34.2. The Morgan fingerprint density at radius 2 is 1.33 bits per heavy atom. The highest BCUT2D eigenvalue weighted by Gasteiger charge is 2.75. The number of benzene rings is 2. The molecule has 16 heteroatoms. The van der Waals surface area contributed by atoms with Gasteiger partial charge in [0.15, 0.2) is 17.2 Å². The Morgan fingerprint density at radius 3 is 1.83 bits per heavy atom. The van der Waals surface area contributed by atoms with Gasteiger partial charge in [-0.3, -0.25) is 19.2 Å². The van der Waals surface area contributed by atoms with Crippen molar-refractivity contribution in [2.75, 3.05) is 69.7 Å². The van der Waals surface area contributed by atoms with Gasteiger partial charge in [0, 0.05) is 67.4 Å². The van der Waals surface area contributed by atoms with Gasteiger partial charge in [-0.15, -0.1) is 0 Å². The SMILES string of the molecule is C[C@@H]1C[C@H]2[C@@H]3CCC4=CC(=O)C=C[C@]4(C)[C@@]3(F)[C@@H](O)C[C@]2(C)[C@@]1(O)C(=O)CO.O=C1c2c(O)ccc(O)c2C(=O)c2c(NCCNCCO)ccc(NCCNCCO)c21. The summed E-state index contributed by atoms with van der Waals surface area (Å²) in [5.74, 6) is -3.98. The number of halogens is 1. The fourth-order valence-corrected chi connectivity index (χ4v) is 10.9. The maximum atomic E-state index is 16.9. The number of rotatable bonds is 14. The molecule has 0 spiro atoms. The number of carbonyl (C=O) groups excluding carboxylic acids is 4. The van der Waals surface area contributed by atoms with Crippen molar-refractivity contribution < 1.29 is 59.3 Å². The number of nitrogens with one attached hydrogen (secondary N) is 4. The van der Waals surface area contributed by atoms with E-state index in [9.17, 15) is 44.7 Å². The summed E-state index contributed by atoms with van der Waals surface area (Å²) in [7, 11) is 0. The minimum atomic E-state index is -1.98. The van der Waals surface area contributed by atoms with Gasteiger partial charge >= 0.3 is 0 Å². The van der Waals surface area contributed by atoms with Crippen LogP contribution in [0.25, 0.3) is 0 Å². The van der Waals surface area contributed by atoms with Crippen LogP contribution in [0.3, 0.4) is 0 Å².